The Balaban J connectivity index is 1.64. The van der Waals surface area contributed by atoms with Gasteiger partial charge in [0.25, 0.3) is 0 Å². The molecule has 4 heteroatoms. The first-order valence-corrected chi connectivity index (χ1v) is 13.3. The van der Waals surface area contributed by atoms with E-state index in [-0.39, 0.29) is 5.82 Å². The SMILES string of the molecule is Fc1ccc(-c2ccc3c(-c4cccc5ccccc45)c4ccccc4c(-c4cccc(C(F)(F)F)c4)c3c2)cc1. The van der Waals surface area contributed by atoms with Crippen molar-refractivity contribution in [1.29, 1.82) is 0 Å². The van der Waals surface area contributed by atoms with Crippen LogP contribution in [0.1, 0.15) is 5.56 Å². The van der Waals surface area contributed by atoms with Crippen LogP contribution in [-0.2, 0) is 6.18 Å². The number of halogens is 4. The lowest BCUT2D eigenvalue weighted by atomic mass is 9.83. The van der Waals surface area contributed by atoms with Gasteiger partial charge in [0.05, 0.1) is 5.56 Å². The molecule has 0 unspecified atom stereocenters. The molecule has 0 nitrogen and oxygen atoms in total. The van der Waals surface area contributed by atoms with Crippen molar-refractivity contribution in [2.75, 3.05) is 0 Å². The number of hydrogen-bond donors (Lipinski definition) is 0. The topological polar surface area (TPSA) is 0 Å². The summed E-state index contributed by atoms with van der Waals surface area (Å²) in [6.07, 6.45) is -4.47. The maximum atomic E-state index is 13.8. The second-order valence-corrected chi connectivity index (χ2v) is 10.2. The van der Waals surface area contributed by atoms with Crippen LogP contribution in [-0.4, -0.2) is 0 Å². The number of alkyl halides is 3. The van der Waals surface area contributed by atoms with Crippen LogP contribution in [0.4, 0.5) is 17.6 Å². The van der Waals surface area contributed by atoms with E-state index in [4.69, 9.17) is 0 Å². The number of hydrogen-bond acceptors (Lipinski definition) is 0. The molecule has 0 radical (unpaired) electrons. The summed E-state index contributed by atoms with van der Waals surface area (Å²) in [6, 6.07) is 40.1. The summed E-state index contributed by atoms with van der Waals surface area (Å²) in [4.78, 5) is 0. The van der Waals surface area contributed by atoms with Gasteiger partial charge >= 0.3 is 6.18 Å². The maximum Gasteiger partial charge on any atom is 0.416 e. The van der Waals surface area contributed by atoms with Gasteiger partial charge in [0.2, 0.25) is 0 Å². The molecule has 0 aliphatic rings. The molecule has 0 N–H and O–H groups in total. The van der Waals surface area contributed by atoms with Gasteiger partial charge in [-0.25, -0.2) is 4.39 Å². The van der Waals surface area contributed by atoms with Crippen molar-refractivity contribution in [2.24, 2.45) is 0 Å². The van der Waals surface area contributed by atoms with Crippen LogP contribution in [0.2, 0.25) is 0 Å². The lowest BCUT2D eigenvalue weighted by Gasteiger charge is -2.20. The number of fused-ring (bicyclic) bond motifs is 3. The Morgan fingerprint density at radius 3 is 1.78 bits per heavy atom. The predicted molar refractivity (Wildman–Crippen MR) is 160 cm³/mol. The fraction of sp³-hybridized carbons (Fsp3) is 0.0270. The van der Waals surface area contributed by atoms with Crippen molar-refractivity contribution < 1.29 is 17.6 Å². The molecule has 0 saturated heterocycles. The molecule has 0 aromatic heterocycles. The van der Waals surface area contributed by atoms with Crippen molar-refractivity contribution in [2.45, 2.75) is 6.18 Å². The normalized spacial score (nSPS) is 11.9. The van der Waals surface area contributed by atoms with E-state index in [9.17, 15) is 17.6 Å². The highest BCUT2D eigenvalue weighted by Gasteiger charge is 2.31. The second-order valence-electron chi connectivity index (χ2n) is 10.2. The predicted octanol–water partition coefficient (Wildman–Crippen LogP) is 11.3. The molecule has 0 aliphatic carbocycles. The first-order valence-electron chi connectivity index (χ1n) is 13.3. The van der Waals surface area contributed by atoms with Crippen LogP contribution in [0.15, 0.2) is 133 Å². The van der Waals surface area contributed by atoms with Gasteiger partial charge in [-0.05, 0) is 96.0 Å². The summed E-state index contributed by atoms with van der Waals surface area (Å²) < 4.78 is 55.2. The van der Waals surface area contributed by atoms with E-state index >= 15 is 0 Å². The monoisotopic (exact) mass is 542 g/mol. The van der Waals surface area contributed by atoms with Gasteiger partial charge in [-0.15, -0.1) is 0 Å². The van der Waals surface area contributed by atoms with Gasteiger partial charge in [0.15, 0.2) is 0 Å². The minimum atomic E-state index is -4.47. The Morgan fingerprint density at radius 2 is 1.02 bits per heavy atom. The molecule has 7 rings (SSSR count). The Bertz CT molecular complexity index is 2080. The quantitative estimate of drug-likeness (QED) is 0.154. The van der Waals surface area contributed by atoms with E-state index < -0.39 is 11.7 Å². The highest BCUT2D eigenvalue weighted by Crippen LogP contribution is 2.46. The van der Waals surface area contributed by atoms with E-state index in [1.807, 2.05) is 60.7 Å². The van der Waals surface area contributed by atoms with Gasteiger partial charge in [-0.3, -0.25) is 0 Å². The Morgan fingerprint density at radius 1 is 0.415 bits per heavy atom. The van der Waals surface area contributed by atoms with E-state index in [1.54, 1.807) is 18.2 Å². The largest absolute Gasteiger partial charge is 0.416 e. The van der Waals surface area contributed by atoms with Crippen molar-refractivity contribution in [3.63, 3.8) is 0 Å². The molecule has 7 aromatic rings. The van der Waals surface area contributed by atoms with Crippen LogP contribution in [0.25, 0.3) is 65.7 Å². The molecule has 0 heterocycles. The third-order valence-corrected chi connectivity index (χ3v) is 7.74. The molecule has 0 amide bonds. The molecule has 41 heavy (non-hydrogen) atoms. The van der Waals surface area contributed by atoms with Crippen molar-refractivity contribution in [3.8, 4) is 33.4 Å². The molecule has 0 saturated carbocycles. The molecule has 7 aromatic carbocycles. The van der Waals surface area contributed by atoms with E-state index in [2.05, 4.69) is 24.3 Å². The van der Waals surface area contributed by atoms with Crippen molar-refractivity contribution in [3.05, 3.63) is 145 Å². The van der Waals surface area contributed by atoms with Gasteiger partial charge in [0, 0.05) is 0 Å². The standard InChI is InChI=1S/C37H22F4/c38-28-18-15-23(16-19-28)25-17-20-33-34(22-25)35(26-9-5-10-27(21-26)37(39,40)41)31-12-3-4-13-32(31)36(33)30-14-6-8-24-7-1-2-11-29(24)30/h1-22H. The average Bonchev–Trinajstić information content (AvgIpc) is 2.99. The van der Waals surface area contributed by atoms with Crippen LogP contribution in [0.3, 0.4) is 0 Å². The molecule has 198 valence electrons. The maximum absolute atomic E-state index is 13.8. The van der Waals surface area contributed by atoms with Gasteiger partial charge < -0.3 is 0 Å². The fourth-order valence-electron chi connectivity index (χ4n) is 5.90. The van der Waals surface area contributed by atoms with Crippen LogP contribution >= 0.6 is 0 Å². The van der Waals surface area contributed by atoms with E-state index in [0.717, 1.165) is 66.2 Å². The zero-order chi connectivity index (χ0) is 28.1. The number of rotatable bonds is 3. The van der Waals surface area contributed by atoms with Crippen molar-refractivity contribution >= 4 is 32.3 Å². The third kappa shape index (κ3) is 4.33. The first-order chi connectivity index (χ1) is 19.9. The molecule has 0 spiro atoms. The summed E-state index contributed by atoms with van der Waals surface area (Å²) in [5, 5.41) is 5.77. The lowest BCUT2D eigenvalue weighted by Crippen LogP contribution is -2.04. The van der Waals surface area contributed by atoms with Crippen LogP contribution < -0.4 is 0 Å². The molecule has 0 aliphatic heterocycles. The van der Waals surface area contributed by atoms with E-state index in [1.165, 1.54) is 24.3 Å². The average molecular weight is 543 g/mol. The summed E-state index contributed by atoms with van der Waals surface area (Å²) in [6.45, 7) is 0. The molecule has 0 bridgehead atoms. The Labute approximate surface area is 234 Å². The van der Waals surface area contributed by atoms with Gasteiger partial charge in [0.1, 0.15) is 5.82 Å². The van der Waals surface area contributed by atoms with Gasteiger partial charge in [-0.2, -0.15) is 13.2 Å². The smallest absolute Gasteiger partial charge is 0.207 e. The summed E-state index contributed by atoms with van der Waals surface area (Å²) >= 11 is 0. The van der Waals surface area contributed by atoms with Crippen molar-refractivity contribution in [1.82, 2.24) is 0 Å². The third-order valence-electron chi connectivity index (χ3n) is 7.74. The Hall–Kier alpha value is -4.96. The molecular formula is C37H22F4. The lowest BCUT2D eigenvalue weighted by molar-refractivity contribution is -0.137. The fourth-order valence-corrected chi connectivity index (χ4v) is 5.90. The highest BCUT2D eigenvalue weighted by atomic mass is 19.4. The summed E-state index contributed by atoms with van der Waals surface area (Å²) in [5.41, 5.74) is 4.27. The second kappa shape index (κ2) is 9.60. The summed E-state index contributed by atoms with van der Waals surface area (Å²) in [5.74, 6) is -0.330. The molecule has 0 atom stereocenters. The minimum Gasteiger partial charge on any atom is -0.207 e. The van der Waals surface area contributed by atoms with Gasteiger partial charge in [-0.1, -0.05) is 103 Å². The Kier molecular flexibility index (Phi) is 5.86. The zero-order valence-electron chi connectivity index (χ0n) is 21.7. The minimum absolute atomic E-state index is 0.330. The zero-order valence-corrected chi connectivity index (χ0v) is 21.7. The summed E-state index contributed by atoms with van der Waals surface area (Å²) in [7, 11) is 0. The van der Waals surface area contributed by atoms with E-state index in [0.29, 0.717) is 5.56 Å². The number of benzene rings is 7. The van der Waals surface area contributed by atoms with Crippen LogP contribution in [0, 0.1) is 5.82 Å². The van der Waals surface area contributed by atoms with Crippen LogP contribution in [0.5, 0.6) is 0 Å². The molecular weight excluding hydrogens is 520 g/mol. The molecule has 0 fully saturated rings. The highest BCUT2D eigenvalue weighted by molar-refractivity contribution is 6.24. The first kappa shape index (κ1) is 25.0.